The van der Waals surface area contributed by atoms with Gasteiger partial charge in [0, 0.05) is 18.7 Å². The van der Waals surface area contributed by atoms with E-state index < -0.39 is 63.1 Å². The van der Waals surface area contributed by atoms with Gasteiger partial charge < -0.3 is 11.1 Å². The zero-order valence-electron chi connectivity index (χ0n) is 15.6. The van der Waals surface area contributed by atoms with Crippen molar-refractivity contribution < 1.29 is 35.6 Å². The number of nitrogens with zero attached hydrogens (tertiary/aromatic N) is 1. The van der Waals surface area contributed by atoms with Gasteiger partial charge in [-0.1, -0.05) is 18.2 Å². The maximum absolute atomic E-state index is 13.8. The Morgan fingerprint density at radius 1 is 1.16 bits per heavy atom. The molecule has 31 heavy (non-hydrogen) atoms. The van der Waals surface area contributed by atoms with Gasteiger partial charge in [0.15, 0.2) is 0 Å². The fourth-order valence-corrected chi connectivity index (χ4v) is 5.74. The van der Waals surface area contributed by atoms with Gasteiger partial charge in [0.25, 0.3) is 21.8 Å². The normalized spacial score (nSPS) is 15.4. The molecule has 3 rings (SSSR count). The molecule has 1 aliphatic heterocycles. The molecule has 7 nitrogen and oxygen atoms in total. The lowest BCUT2D eigenvalue weighted by Gasteiger charge is -2.26. The lowest BCUT2D eigenvalue weighted by Crippen LogP contribution is -2.36. The van der Waals surface area contributed by atoms with Crippen LogP contribution in [0, 0.1) is 5.82 Å². The molecule has 0 radical (unpaired) electrons. The van der Waals surface area contributed by atoms with Crippen LogP contribution >= 0.6 is 11.3 Å². The van der Waals surface area contributed by atoms with Crippen LogP contribution in [0.4, 0.5) is 22.6 Å². The number of anilines is 1. The summed E-state index contributed by atoms with van der Waals surface area (Å²) in [5.41, 5.74) is 3.78. The van der Waals surface area contributed by atoms with E-state index in [1.165, 1.54) is 18.2 Å². The van der Waals surface area contributed by atoms with Gasteiger partial charge in [-0.15, -0.1) is 11.3 Å². The molecule has 166 valence electrons. The predicted molar refractivity (Wildman–Crippen MR) is 105 cm³/mol. The van der Waals surface area contributed by atoms with Crippen molar-refractivity contribution >= 4 is 38.2 Å². The number of hydrogen-bond acceptors (Lipinski definition) is 5. The number of rotatable bonds is 5. The quantitative estimate of drug-likeness (QED) is 0.509. The number of carbonyl (C=O) groups is 2. The second-order valence-corrected chi connectivity index (χ2v) is 9.66. The Bertz CT molecular complexity index is 1170. The summed E-state index contributed by atoms with van der Waals surface area (Å²) >= 11 is 0.496. The number of carbonyl (C=O) groups excluding carboxylic acids is 2. The first-order valence-electron chi connectivity index (χ1n) is 8.67. The number of alkyl halides is 3. The van der Waals surface area contributed by atoms with Gasteiger partial charge in [0.05, 0.1) is 11.1 Å². The third-order valence-electron chi connectivity index (χ3n) is 4.45. The summed E-state index contributed by atoms with van der Waals surface area (Å²) in [4.78, 5) is 24.1. The summed E-state index contributed by atoms with van der Waals surface area (Å²) in [6.07, 6.45) is -4.28. The van der Waals surface area contributed by atoms with E-state index in [-0.39, 0.29) is 16.1 Å². The van der Waals surface area contributed by atoms with E-state index in [0.717, 1.165) is 22.5 Å². The van der Waals surface area contributed by atoms with Crippen LogP contribution in [0.15, 0.2) is 46.2 Å². The molecule has 0 unspecified atom stereocenters. The summed E-state index contributed by atoms with van der Waals surface area (Å²) in [6, 6.07) is 5.96. The molecular weight excluding hydrogens is 462 g/mol. The molecule has 0 bridgehead atoms. The second-order valence-electron chi connectivity index (χ2n) is 6.45. The molecule has 1 aromatic heterocycles. The van der Waals surface area contributed by atoms with Gasteiger partial charge in [-0.25, -0.2) is 12.8 Å². The van der Waals surface area contributed by atoms with E-state index in [1.54, 1.807) is 0 Å². The summed E-state index contributed by atoms with van der Waals surface area (Å²) < 4.78 is 78.2. The Balaban J connectivity index is 1.89. The molecule has 0 fully saturated rings. The third-order valence-corrected chi connectivity index (χ3v) is 7.82. The van der Waals surface area contributed by atoms with Crippen molar-refractivity contribution in [2.24, 2.45) is 5.73 Å². The summed E-state index contributed by atoms with van der Waals surface area (Å²) in [5, 5.41) is 2.05. The minimum atomic E-state index is -4.54. The second kappa shape index (κ2) is 8.40. The minimum absolute atomic E-state index is 0.220. The summed E-state index contributed by atoms with van der Waals surface area (Å²) in [6.45, 7) is -0.910. The van der Waals surface area contributed by atoms with Gasteiger partial charge in [-0.05, 0) is 24.6 Å². The predicted octanol–water partition coefficient (Wildman–Crippen LogP) is 3.12. The molecular formula is C18H15F4N3O4S2. The van der Waals surface area contributed by atoms with E-state index in [2.05, 4.69) is 5.32 Å². The van der Waals surface area contributed by atoms with Crippen LogP contribution in [-0.2, 0) is 10.0 Å². The lowest BCUT2D eigenvalue weighted by atomic mass is 10.1. The first-order chi connectivity index (χ1) is 14.4. The number of halogens is 4. The van der Waals surface area contributed by atoms with Crippen molar-refractivity contribution in [2.45, 2.75) is 16.8 Å². The van der Waals surface area contributed by atoms with E-state index in [0.29, 0.717) is 11.3 Å². The van der Waals surface area contributed by atoms with E-state index in [1.807, 2.05) is 0 Å². The van der Waals surface area contributed by atoms with Crippen molar-refractivity contribution in [3.63, 3.8) is 0 Å². The molecule has 1 aliphatic rings. The molecule has 1 aromatic carbocycles. The van der Waals surface area contributed by atoms with E-state index >= 15 is 0 Å². The number of nitrogens with two attached hydrogens (primary N) is 1. The van der Waals surface area contributed by atoms with Crippen molar-refractivity contribution in [1.29, 1.82) is 0 Å². The molecule has 13 heteroatoms. The minimum Gasteiger partial charge on any atom is -0.366 e. The fourth-order valence-electron chi connectivity index (χ4n) is 2.84. The Hall–Kier alpha value is -2.77. The van der Waals surface area contributed by atoms with Crippen LogP contribution in [0.1, 0.15) is 27.1 Å². The number of sulfonamides is 1. The van der Waals surface area contributed by atoms with Gasteiger partial charge >= 0.3 is 6.18 Å². The fraction of sp³-hybridized carbons (Fsp3) is 0.222. The highest BCUT2D eigenvalue weighted by molar-refractivity contribution is 7.91. The van der Waals surface area contributed by atoms with Gasteiger partial charge in [0.2, 0.25) is 0 Å². The zero-order valence-corrected chi connectivity index (χ0v) is 17.2. The zero-order chi connectivity index (χ0) is 23.0. The van der Waals surface area contributed by atoms with Crippen molar-refractivity contribution in [3.8, 4) is 0 Å². The monoisotopic (exact) mass is 477 g/mol. The van der Waals surface area contributed by atoms with Gasteiger partial charge in [-0.2, -0.15) is 17.5 Å². The molecule has 0 saturated heterocycles. The van der Waals surface area contributed by atoms with Crippen LogP contribution in [-0.4, -0.2) is 43.8 Å². The smallest absolute Gasteiger partial charge is 0.366 e. The molecule has 3 N–H and O–H groups in total. The highest BCUT2D eigenvalue weighted by Crippen LogP contribution is 2.36. The summed E-state index contributed by atoms with van der Waals surface area (Å²) in [5.74, 6) is -2.80. The SMILES string of the molecule is NC(=O)c1cc(S(=O)(=O)N2CC=C(C(F)(F)F)CC2)sc1NC(=O)c1ccccc1F. The average molecular weight is 477 g/mol. The third kappa shape index (κ3) is 4.78. The molecule has 2 heterocycles. The van der Waals surface area contributed by atoms with Crippen molar-refractivity contribution in [2.75, 3.05) is 18.4 Å². The number of nitrogens with one attached hydrogen (secondary N) is 1. The molecule has 0 spiro atoms. The van der Waals surface area contributed by atoms with Crippen LogP contribution < -0.4 is 11.1 Å². The first kappa shape index (κ1) is 22.9. The van der Waals surface area contributed by atoms with E-state index in [4.69, 9.17) is 5.73 Å². The molecule has 2 amide bonds. The Morgan fingerprint density at radius 3 is 2.39 bits per heavy atom. The lowest BCUT2D eigenvalue weighted by molar-refractivity contribution is -0.0953. The standard InChI is InChI=1S/C18H15F4N3O4S2/c19-13-4-2-1-3-11(13)16(27)24-17-12(15(23)26)9-14(30-17)31(28,29)25-7-5-10(6-8-25)18(20,21)22/h1-5,9H,6-8H2,(H2,23,26)(H,24,27). The van der Waals surface area contributed by atoms with Crippen molar-refractivity contribution in [1.82, 2.24) is 4.31 Å². The number of primary amides is 1. The van der Waals surface area contributed by atoms with Crippen LogP contribution in [0.2, 0.25) is 0 Å². The number of amides is 2. The van der Waals surface area contributed by atoms with Crippen molar-refractivity contribution in [3.05, 3.63) is 58.9 Å². The van der Waals surface area contributed by atoms with Gasteiger partial charge in [-0.3, -0.25) is 9.59 Å². The molecule has 0 aliphatic carbocycles. The largest absolute Gasteiger partial charge is 0.412 e. The summed E-state index contributed by atoms with van der Waals surface area (Å²) in [7, 11) is -4.27. The number of thiophene rings is 1. The maximum atomic E-state index is 13.8. The van der Waals surface area contributed by atoms with E-state index in [9.17, 15) is 35.6 Å². The van der Waals surface area contributed by atoms with Crippen LogP contribution in [0.3, 0.4) is 0 Å². The number of benzene rings is 1. The average Bonchev–Trinajstić information content (AvgIpc) is 3.12. The maximum Gasteiger partial charge on any atom is 0.412 e. The highest BCUT2D eigenvalue weighted by Gasteiger charge is 2.38. The van der Waals surface area contributed by atoms with Crippen LogP contribution in [0.5, 0.6) is 0 Å². The molecule has 2 aromatic rings. The molecule has 0 atom stereocenters. The first-order valence-corrected chi connectivity index (χ1v) is 10.9. The Morgan fingerprint density at radius 2 is 1.84 bits per heavy atom. The Labute approximate surface area is 178 Å². The molecule has 0 saturated carbocycles. The topological polar surface area (TPSA) is 110 Å². The highest BCUT2D eigenvalue weighted by atomic mass is 32.2. The van der Waals surface area contributed by atoms with Gasteiger partial charge in [0.1, 0.15) is 15.0 Å². The Kier molecular flexibility index (Phi) is 6.21. The number of hydrogen-bond donors (Lipinski definition) is 2. The van der Waals surface area contributed by atoms with Crippen LogP contribution in [0.25, 0.3) is 0 Å².